The third kappa shape index (κ3) is 3.07. The second-order valence-electron chi connectivity index (χ2n) is 12.9. The van der Waals surface area contributed by atoms with Gasteiger partial charge in [-0.2, -0.15) is 0 Å². The lowest BCUT2D eigenvalue weighted by atomic mass is 9.83. The number of imide groups is 1. The Morgan fingerprint density at radius 1 is 0.500 bits per heavy atom. The van der Waals surface area contributed by atoms with Crippen molar-refractivity contribution in [3.05, 3.63) is 113 Å². The van der Waals surface area contributed by atoms with Gasteiger partial charge in [0.05, 0.1) is 5.69 Å². The number of benzene rings is 7. The molecule has 1 aliphatic heterocycles. The maximum atomic E-state index is 14.5. The second-order valence-corrected chi connectivity index (χ2v) is 12.9. The minimum atomic E-state index is -0.253. The molecule has 2 amide bonds. The van der Waals surface area contributed by atoms with E-state index in [-0.39, 0.29) is 23.7 Å². The molecular weight excluding hydrogens is 540 g/mol. The van der Waals surface area contributed by atoms with Gasteiger partial charge in [-0.1, -0.05) is 94.4 Å². The van der Waals surface area contributed by atoms with Crippen molar-refractivity contribution >= 4 is 82.4 Å². The number of rotatable bonds is 3. The highest BCUT2D eigenvalue weighted by molar-refractivity contribution is 6.44. The Morgan fingerprint density at radius 2 is 1.07 bits per heavy atom. The molecule has 8 aromatic rings. The number of nitrogens with zero attached hydrogens (tertiary/aromatic N) is 1. The molecule has 0 atom stereocenters. The maximum Gasteiger partial charge on any atom is 0.266 e. The summed E-state index contributed by atoms with van der Waals surface area (Å²) in [5.74, 6) is -0.202. The number of hydrogen-bond acceptors (Lipinski definition) is 2. The van der Waals surface area contributed by atoms with E-state index >= 15 is 0 Å². The Balaban J connectivity index is 1.39. The summed E-state index contributed by atoms with van der Waals surface area (Å²) in [6.07, 6.45) is 0. The Labute approximate surface area is 254 Å². The molecule has 0 saturated heterocycles. The highest BCUT2D eigenvalue weighted by Crippen LogP contribution is 2.47. The van der Waals surface area contributed by atoms with Crippen molar-refractivity contribution in [3.63, 3.8) is 0 Å². The molecule has 0 bridgehead atoms. The van der Waals surface area contributed by atoms with Crippen molar-refractivity contribution in [2.45, 2.75) is 39.5 Å². The van der Waals surface area contributed by atoms with Crippen LogP contribution in [0.4, 0.5) is 5.69 Å². The molecule has 0 saturated carbocycles. The molecule has 0 aliphatic carbocycles. The highest BCUT2D eigenvalue weighted by atomic mass is 16.2. The van der Waals surface area contributed by atoms with Gasteiger partial charge in [0.25, 0.3) is 11.8 Å². The van der Waals surface area contributed by atoms with Crippen molar-refractivity contribution < 1.29 is 9.59 Å². The van der Waals surface area contributed by atoms with E-state index < -0.39 is 0 Å². The predicted octanol–water partition coefficient (Wildman–Crippen LogP) is 10.4. The normalized spacial score (nSPS) is 13.9. The first kappa shape index (κ1) is 25.3. The summed E-state index contributed by atoms with van der Waals surface area (Å²) in [4.78, 5) is 34.1. The van der Waals surface area contributed by atoms with Gasteiger partial charge in [0.15, 0.2) is 0 Å². The second kappa shape index (κ2) is 8.67. The summed E-state index contributed by atoms with van der Waals surface area (Å²) in [5.41, 5.74) is 6.11. The van der Waals surface area contributed by atoms with Crippen molar-refractivity contribution in [3.8, 4) is 0 Å². The van der Waals surface area contributed by atoms with Gasteiger partial charge in [0, 0.05) is 38.3 Å². The predicted molar refractivity (Wildman–Crippen MR) is 183 cm³/mol. The molecule has 0 unspecified atom stereocenters. The Kier molecular flexibility index (Phi) is 4.98. The molecule has 4 nitrogen and oxygen atoms in total. The minimum Gasteiger partial charge on any atom is -0.354 e. The van der Waals surface area contributed by atoms with Gasteiger partial charge < -0.3 is 4.98 Å². The van der Waals surface area contributed by atoms with E-state index in [1.165, 1.54) is 26.4 Å². The van der Waals surface area contributed by atoms with Crippen molar-refractivity contribution in [2.75, 3.05) is 4.90 Å². The van der Waals surface area contributed by atoms with Crippen LogP contribution in [0.15, 0.2) is 91.0 Å². The zero-order valence-corrected chi connectivity index (χ0v) is 25.1. The zero-order valence-electron chi connectivity index (χ0n) is 25.1. The largest absolute Gasteiger partial charge is 0.354 e. The fourth-order valence-electron chi connectivity index (χ4n) is 7.87. The standard InChI is InChI=1S/C40H30N2O2/c1-20(2)22-10-7-11-23(21(3)4)38(22)42-39(43)29-17-15-25-24-12-8-13-28-34(24)31(26-16-18-30(40(42)44)37(29)36(25)26)19-33-35(28)27-9-5-6-14-32(27)41-33/h5-21,41H,1-4H3. The summed E-state index contributed by atoms with van der Waals surface area (Å²) >= 11 is 0. The fourth-order valence-corrected chi connectivity index (χ4v) is 7.87. The lowest BCUT2D eigenvalue weighted by Gasteiger charge is -2.32. The molecule has 212 valence electrons. The first-order chi connectivity index (χ1) is 21.3. The highest BCUT2D eigenvalue weighted by Gasteiger charge is 2.38. The van der Waals surface area contributed by atoms with Gasteiger partial charge in [0.2, 0.25) is 0 Å². The van der Waals surface area contributed by atoms with E-state index in [1.807, 2.05) is 30.3 Å². The molecule has 1 N–H and O–H groups in total. The number of amides is 2. The van der Waals surface area contributed by atoms with Crippen LogP contribution in [-0.2, 0) is 0 Å². The first-order valence-corrected chi connectivity index (χ1v) is 15.4. The lowest BCUT2D eigenvalue weighted by Crippen LogP contribution is -2.41. The number of fused-ring (bicyclic) bond motifs is 6. The van der Waals surface area contributed by atoms with Gasteiger partial charge in [-0.05, 0) is 84.9 Å². The third-order valence-electron chi connectivity index (χ3n) is 9.80. The molecule has 0 spiro atoms. The molecule has 1 aromatic heterocycles. The van der Waals surface area contributed by atoms with Crippen LogP contribution in [0.3, 0.4) is 0 Å². The van der Waals surface area contributed by atoms with Crippen LogP contribution in [0, 0.1) is 0 Å². The lowest BCUT2D eigenvalue weighted by molar-refractivity contribution is 0.0893. The number of aromatic nitrogens is 1. The third-order valence-corrected chi connectivity index (χ3v) is 9.80. The molecule has 0 fully saturated rings. The number of anilines is 1. The average molecular weight is 571 g/mol. The van der Waals surface area contributed by atoms with Crippen LogP contribution in [0.5, 0.6) is 0 Å². The van der Waals surface area contributed by atoms with Crippen LogP contribution in [0.2, 0.25) is 0 Å². The summed E-state index contributed by atoms with van der Waals surface area (Å²) < 4.78 is 0. The van der Waals surface area contributed by atoms with Crippen LogP contribution in [-0.4, -0.2) is 16.8 Å². The van der Waals surface area contributed by atoms with Gasteiger partial charge in [-0.25, -0.2) is 4.90 Å². The molecule has 9 rings (SSSR count). The maximum absolute atomic E-state index is 14.5. The van der Waals surface area contributed by atoms with E-state index in [0.29, 0.717) is 11.1 Å². The summed E-state index contributed by atoms with van der Waals surface area (Å²) in [5, 5.41) is 11.0. The van der Waals surface area contributed by atoms with E-state index in [2.05, 4.69) is 93.3 Å². The van der Waals surface area contributed by atoms with Crippen molar-refractivity contribution in [1.82, 2.24) is 4.98 Å². The topological polar surface area (TPSA) is 53.2 Å². The van der Waals surface area contributed by atoms with Crippen LogP contribution in [0.25, 0.3) is 64.9 Å². The molecule has 4 heteroatoms. The number of hydrogen-bond donors (Lipinski definition) is 1. The van der Waals surface area contributed by atoms with Crippen LogP contribution < -0.4 is 4.90 Å². The molecule has 0 radical (unpaired) electrons. The van der Waals surface area contributed by atoms with E-state index in [0.717, 1.165) is 60.2 Å². The number of nitrogens with one attached hydrogen (secondary N) is 1. The smallest absolute Gasteiger partial charge is 0.266 e. The van der Waals surface area contributed by atoms with Crippen molar-refractivity contribution in [1.29, 1.82) is 0 Å². The number of carbonyl (C=O) groups is 2. The van der Waals surface area contributed by atoms with E-state index in [1.54, 1.807) is 0 Å². The fraction of sp³-hybridized carbons (Fsp3) is 0.150. The van der Waals surface area contributed by atoms with Gasteiger partial charge in [0.1, 0.15) is 0 Å². The summed E-state index contributed by atoms with van der Waals surface area (Å²) in [6.45, 7) is 8.46. The minimum absolute atomic E-state index is 0.152. The Hall–Kier alpha value is -5.22. The van der Waals surface area contributed by atoms with Crippen molar-refractivity contribution in [2.24, 2.45) is 0 Å². The van der Waals surface area contributed by atoms with Crippen LogP contribution in [0.1, 0.15) is 71.4 Å². The summed E-state index contributed by atoms with van der Waals surface area (Å²) in [6, 6.07) is 31.4. The number of H-pyrrole nitrogens is 1. The molecular formula is C40H30N2O2. The average Bonchev–Trinajstić information content (AvgIpc) is 3.41. The quantitative estimate of drug-likeness (QED) is 0.130. The molecule has 44 heavy (non-hydrogen) atoms. The number of carbonyl (C=O) groups excluding carboxylic acids is 2. The number of para-hydroxylation sites is 2. The SMILES string of the molecule is CC(C)c1cccc(C(C)C)c1N1C(=O)c2ccc3c4cccc5c6c(cc(c7ccc(c2c37)C1=O)c45)[nH]c1ccccc16. The van der Waals surface area contributed by atoms with Gasteiger partial charge in [-0.15, -0.1) is 0 Å². The number of aromatic amines is 1. The molecule has 1 aliphatic rings. The zero-order chi connectivity index (χ0) is 30.0. The first-order valence-electron chi connectivity index (χ1n) is 15.4. The molecule has 7 aromatic carbocycles. The van der Waals surface area contributed by atoms with E-state index in [4.69, 9.17) is 0 Å². The Morgan fingerprint density at radius 3 is 1.75 bits per heavy atom. The monoisotopic (exact) mass is 570 g/mol. The van der Waals surface area contributed by atoms with E-state index in [9.17, 15) is 9.59 Å². The van der Waals surface area contributed by atoms with Gasteiger partial charge >= 0.3 is 0 Å². The van der Waals surface area contributed by atoms with Crippen LogP contribution >= 0.6 is 0 Å². The molecule has 2 heterocycles. The summed E-state index contributed by atoms with van der Waals surface area (Å²) in [7, 11) is 0. The van der Waals surface area contributed by atoms with Gasteiger partial charge in [-0.3, -0.25) is 9.59 Å². The Bertz CT molecular complexity index is 2500.